The molecule has 0 saturated heterocycles. The second kappa shape index (κ2) is 5.48. The molecule has 6 nitrogen and oxygen atoms in total. The number of hydrogen-bond donors (Lipinski definition) is 1. The third-order valence-corrected chi connectivity index (χ3v) is 2.80. The largest absolute Gasteiger partial charge is 0.481 e. The molecule has 90 valence electrons. The van der Waals surface area contributed by atoms with Crippen molar-refractivity contribution in [3.05, 3.63) is 0 Å². The average molecular weight is 230 g/mol. The van der Waals surface area contributed by atoms with Crippen LogP contribution in [-0.4, -0.2) is 36.7 Å². The Morgan fingerprint density at radius 1 is 1.25 bits per heavy atom. The fourth-order valence-electron chi connectivity index (χ4n) is 2.02. The molecule has 3 unspecified atom stereocenters. The predicted molar refractivity (Wildman–Crippen MR) is 51.4 cm³/mol. The summed E-state index contributed by atoms with van der Waals surface area (Å²) in [5.74, 6) is -2.61. The number of carbonyl (C=O) groups is 3. The number of aliphatic carboxylic acids is 1. The molecule has 16 heavy (non-hydrogen) atoms. The Balaban J connectivity index is 2.69. The number of ether oxygens (including phenoxy) is 2. The van der Waals surface area contributed by atoms with E-state index in [2.05, 4.69) is 4.74 Å². The van der Waals surface area contributed by atoms with E-state index in [0.29, 0.717) is 6.42 Å². The van der Waals surface area contributed by atoms with Crippen molar-refractivity contribution >= 4 is 18.4 Å². The van der Waals surface area contributed by atoms with Crippen molar-refractivity contribution in [2.24, 2.45) is 11.8 Å². The highest BCUT2D eigenvalue weighted by Crippen LogP contribution is 2.31. The summed E-state index contributed by atoms with van der Waals surface area (Å²) in [7, 11) is 1.25. The molecule has 1 N–H and O–H groups in total. The zero-order chi connectivity index (χ0) is 12.1. The molecule has 1 aliphatic rings. The van der Waals surface area contributed by atoms with E-state index in [1.54, 1.807) is 0 Å². The van der Waals surface area contributed by atoms with Crippen molar-refractivity contribution in [1.29, 1.82) is 0 Å². The predicted octanol–water partition coefficient (Wildman–Crippen LogP) is 0.202. The van der Waals surface area contributed by atoms with Crippen LogP contribution in [0.1, 0.15) is 19.3 Å². The summed E-state index contributed by atoms with van der Waals surface area (Å²) >= 11 is 0. The highest BCUT2D eigenvalue weighted by Gasteiger charge is 2.37. The fraction of sp³-hybridized carbons (Fsp3) is 0.700. The highest BCUT2D eigenvalue weighted by molar-refractivity contribution is 5.75. The first-order chi connectivity index (χ1) is 7.58. The fourth-order valence-corrected chi connectivity index (χ4v) is 2.02. The maximum atomic E-state index is 11.3. The summed E-state index contributed by atoms with van der Waals surface area (Å²) in [6.45, 7) is 0.281. The molecule has 0 radical (unpaired) electrons. The van der Waals surface area contributed by atoms with Gasteiger partial charge in [0.25, 0.3) is 6.47 Å². The molecule has 0 bridgehead atoms. The van der Waals surface area contributed by atoms with Crippen LogP contribution < -0.4 is 0 Å². The maximum Gasteiger partial charge on any atom is 0.308 e. The van der Waals surface area contributed by atoms with Crippen LogP contribution in [0.15, 0.2) is 0 Å². The first-order valence-electron chi connectivity index (χ1n) is 4.98. The Morgan fingerprint density at radius 2 is 1.88 bits per heavy atom. The Hall–Kier alpha value is -1.59. The minimum atomic E-state index is -0.979. The Morgan fingerprint density at radius 3 is 2.38 bits per heavy atom. The number of hydrogen-bond acceptors (Lipinski definition) is 5. The number of rotatable bonds is 4. The quantitative estimate of drug-likeness (QED) is 0.548. The van der Waals surface area contributed by atoms with Gasteiger partial charge in [-0.25, -0.2) is 0 Å². The van der Waals surface area contributed by atoms with Gasteiger partial charge in [0.2, 0.25) is 0 Å². The van der Waals surface area contributed by atoms with Gasteiger partial charge in [-0.1, -0.05) is 0 Å². The number of esters is 1. The van der Waals surface area contributed by atoms with Gasteiger partial charge in [0, 0.05) is 0 Å². The summed E-state index contributed by atoms with van der Waals surface area (Å²) in [5, 5.41) is 8.90. The number of carboxylic acid groups (broad SMARTS) is 1. The van der Waals surface area contributed by atoms with Crippen LogP contribution in [0.3, 0.4) is 0 Å². The van der Waals surface area contributed by atoms with E-state index in [9.17, 15) is 14.4 Å². The van der Waals surface area contributed by atoms with E-state index in [1.807, 2.05) is 0 Å². The molecule has 3 atom stereocenters. The summed E-state index contributed by atoms with van der Waals surface area (Å²) < 4.78 is 9.30. The Labute approximate surface area is 92.5 Å². The lowest BCUT2D eigenvalue weighted by atomic mass is 9.80. The van der Waals surface area contributed by atoms with Crippen LogP contribution in [-0.2, 0) is 23.9 Å². The van der Waals surface area contributed by atoms with Crippen LogP contribution >= 0.6 is 0 Å². The molecule has 0 spiro atoms. The van der Waals surface area contributed by atoms with Gasteiger partial charge in [-0.15, -0.1) is 0 Å². The third kappa shape index (κ3) is 2.95. The van der Waals surface area contributed by atoms with Crippen molar-refractivity contribution in [3.8, 4) is 0 Å². The summed E-state index contributed by atoms with van der Waals surface area (Å²) in [4.78, 5) is 32.4. The zero-order valence-corrected chi connectivity index (χ0v) is 8.92. The van der Waals surface area contributed by atoms with Crippen molar-refractivity contribution in [3.63, 3.8) is 0 Å². The molecule has 1 aliphatic carbocycles. The molecule has 1 saturated carbocycles. The lowest BCUT2D eigenvalue weighted by molar-refractivity contribution is -0.157. The minimum absolute atomic E-state index is 0.237. The second-order valence-corrected chi connectivity index (χ2v) is 3.82. The van der Waals surface area contributed by atoms with Gasteiger partial charge in [0.05, 0.1) is 18.9 Å². The van der Waals surface area contributed by atoms with Crippen molar-refractivity contribution in [2.45, 2.75) is 25.4 Å². The van der Waals surface area contributed by atoms with Crippen LogP contribution in [0.25, 0.3) is 0 Å². The molecule has 0 aliphatic heterocycles. The van der Waals surface area contributed by atoms with Crippen molar-refractivity contribution in [2.75, 3.05) is 7.11 Å². The molecule has 0 aromatic heterocycles. The molecule has 0 aromatic rings. The molecular formula is C10H14O6. The van der Waals surface area contributed by atoms with Gasteiger partial charge >= 0.3 is 11.9 Å². The monoisotopic (exact) mass is 230 g/mol. The van der Waals surface area contributed by atoms with Crippen LogP contribution in [0.2, 0.25) is 0 Å². The molecule has 6 heteroatoms. The zero-order valence-electron chi connectivity index (χ0n) is 8.92. The van der Waals surface area contributed by atoms with Gasteiger partial charge < -0.3 is 14.6 Å². The normalized spacial score (nSPS) is 29.2. The highest BCUT2D eigenvalue weighted by atomic mass is 16.5. The SMILES string of the molecule is COC(=O)C1CC(OC=O)CC(C(=O)O)C1. The van der Waals surface area contributed by atoms with Gasteiger partial charge in [-0.05, 0) is 19.3 Å². The molecule has 0 amide bonds. The van der Waals surface area contributed by atoms with E-state index < -0.39 is 29.9 Å². The topological polar surface area (TPSA) is 89.9 Å². The lowest BCUT2D eigenvalue weighted by Crippen LogP contribution is -2.36. The van der Waals surface area contributed by atoms with Gasteiger partial charge in [0.15, 0.2) is 0 Å². The summed E-state index contributed by atoms with van der Waals surface area (Å²) in [5.41, 5.74) is 0. The number of carboxylic acids is 1. The Kier molecular flexibility index (Phi) is 4.28. The van der Waals surface area contributed by atoms with Gasteiger partial charge in [-0.3, -0.25) is 14.4 Å². The van der Waals surface area contributed by atoms with E-state index in [1.165, 1.54) is 7.11 Å². The molecule has 1 rings (SSSR count). The van der Waals surface area contributed by atoms with Crippen molar-refractivity contribution in [1.82, 2.24) is 0 Å². The summed E-state index contributed by atoms with van der Waals surface area (Å²) in [6, 6.07) is 0. The maximum absolute atomic E-state index is 11.3. The average Bonchev–Trinajstić information content (AvgIpc) is 2.28. The van der Waals surface area contributed by atoms with E-state index in [4.69, 9.17) is 9.84 Å². The first-order valence-corrected chi connectivity index (χ1v) is 4.98. The van der Waals surface area contributed by atoms with Gasteiger partial charge in [-0.2, -0.15) is 0 Å². The summed E-state index contributed by atoms with van der Waals surface area (Å²) in [6.07, 6.45) is 0.300. The van der Waals surface area contributed by atoms with Crippen LogP contribution in [0, 0.1) is 11.8 Å². The number of methoxy groups -OCH3 is 1. The molecular weight excluding hydrogens is 216 g/mol. The van der Waals surface area contributed by atoms with E-state index in [0.717, 1.165) is 0 Å². The lowest BCUT2D eigenvalue weighted by Gasteiger charge is -2.30. The first kappa shape index (κ1) is 12.5. The molecule has 0 aromatic carbocycles. The standard InChI is InChI=1S/C10H14O6/c1-15-10(14)7-2-6(9(12)13)3-8(4-7)16-5-11/h5-8H,2-4H2,1H3,(H,12,13). The second-order valence-electron chi connectivity index (χ2n) is 3.82. The minimum Gasteiger partial charge on any atom is -0.481 e. The molecule has 0 heterocycles. The molecule has 1 fully saturated rings. The van der Waals surface area contributed by atoms with E-state index in [-0.39, 0.29) is 19.3 Å². The van der Waals surface area contributed by atoms with Crippen LogP contribution in [0.4, 0.5) is 0 Å². The third-order valence-electron chi connectivity index (χ3n) is 2.80. The van der Waals surface area contributed by atoms with Crippen molar-refractivity contribution < 1.29 is 29.0 Å². The van der Waals surface area contributed by atoms with Gasteiger partial charge in [0.1, 0.15) is 6.10 Å². The Bertz CT molecular complexity index is 287. The van der Waals surface area contributed by atoms with E-state index >= 15 is 0 Å². The smallest absolute Gasteiger partial charge is 0.308 e. The van der Waals surface area contributed by atoms with Crippen LogP contribution in [0.5, 0.6) is 0 Å². The number of carbonyl (C=O) groups excluding carboxylic acids is 2.